The van der Waals surface area contributed by atoms with Crippen molar-refractivity contribution in [2.75, 3.05) is 18.0 Å². The van der Waals surface area contributed by atoms with E-state index in [1.54, 1.807) is 31.3 Å². The molecule has 0 spiro atoms. The molecule has 2 heterocycles. The number of anilines is 1. The third kappa shape index (κ3) is 4.53. The minimum absolute atomic E-state index is 0.0390. The maximum atomic E-state index is 14.8. The molecule has 0 radical (unpaired) electrons. The van der Waals surface area contributed by atoms with Gasteiger partial charge in [-0.1, -0.05) is 24.3 Å². The predicted octanol–water partition coefficient (Wildman–Crippen LogP) is 3.63. The van der Waals surface area contributed by atoms with Crippen molar-refractivity contribution in [3.8, 4) is 0 Å². The summed E-state index contributed by atoms with van der Waals surface area (Å²) < 4.78 is 21.9. The van der Waals surface area contributed by atoms with Crippen LogP contribution in [0, 0.1) is 5.82 Å². The molecule has 0 saturated carbocycles. The fourth-order valence-corrected chi connectivity index (χ4v) is 4.26. The van der Waals surface area contributed by atoms with Gasteiger partial charge in [-0.15, -0.1) is 0 Å². The van der Waals surface area contributed by atoms with Crippen LogP contribution in [0.1, 0.15) is 32.4 Å². The van der Waals surface area contributed by atoms with E-state index >= 15 is 0 Å². The highest BCUT2D eigenvalue weighted by Crippen LogP contribution is 2.24. The highest BCUT2D eigenvalue weighted by atomic mass is 19.1. The first kappa shape index (κ1) is 22.0. The van der Waals surface area contributed by atoms with Gasteiger partial charge in [0.15, 0.2) is 0 Å². The van der Waals surface area contributed by atoms with Crippen LogP contribution in [-0.4, -0.2) is 35.8 Å². The van der Waals surface area contributed by atoms with Gasteiger partial charge in [0.1, 0.15) is 11.9 Å². The van der Waals surface area contributed by atoms with Crippen molar-refractivity contribution < 1.29 is 13.9 Å². The van der Waals surface area contributed by atoms with Crippen molar-refractivity contribution in [1.82, 2.24) is 9.88 Å². The topological polar surface area (TPSA) is 63.6 Å². The lowest BCUT2D eigenvalue weighted by Crippen LogP contribution is -2.45. The third-order valence-corrected chi connectivity index (χ3v) is 5.88. The molecule has 1 fully saturated rings. The largest absolute Gasteiger partial charge is 0.372 e. The number of amides is 1. The number of rotatable bonds is 5. The van der Waals surface area contributed by atoms with E-state index in [0.29, 0.717) is 29.7 Å². The molecule has 0 unspecified atom stereocenters. The Kier molecular flexibility index (Phi) is 6.28. The van der Waals surface area contributed by atoms with Crippen molar-refractivity contribution in [3.63, 3.8) is 0 Å². The van der Waals surface area contributed by atoms with Gasteiger partial charge in [-0.2, -0.15) is 0 Å². The molecule has 3 aromatic rings. The van der Waals surface area contributed by atoms with Crippen LogP contribution < -0.4 is 15.8 Å². The summed E-state index contributed by atoms with van der Waals surface area (Å²) in [5.41, 5.74) is 0.986. The SMILES string of the molecule is C[C@@H]1CN(c2ccc(CNC(=O)[C@@H](C)n3ccc4ccccc4c3=O)cc2F)C[C@@H](C)O1. The molecule has 6 nitrogen and oxygen atoms in total. The van der Waals surface area contributed by atoms with Crippen molar-refractivity contribution in [1.29, 1.82) is 0 Å². The van der Waals surface area contributed by atoms with E-state index < -0.39 is 6.04 Å². The first-order valence-electron chi connectivity index (χ1n) is 10.9. The number of fused-ring (bicyclic) bond motifs is 1. The normalized spacial score (nSPS) is 19.7. The van der Waals surface area contributed by atoms with Crippen molar-refractivity contribution in [3.05, 3.63) is 76.5 Å². The molecule has 1 amide bonds. The zero-order chi connectivity index (χ0) is 22.8. The van der Waals surface area contributed by atoms with Gasteiger partial charge in [0.2, 0.25) is 5.91 Å². The molecule has 168 valence electrons. The Bertz CT molecular complexity index is 1180. The number of hydrogen-bond acceptors (Lipinski definition) is 4. The Hall–Kier alpha value is -3.19. The number of pyridine rings is 1. The summed E-state index contributed by atoms with van der Waals surface area (Å²) in [5.74, 6) is -0.625. The number of nitrogens with one attached hydrogen (secondary N) is 1. The van der Waals surface area contributed by atoms with Gasteiger partial charge >= 0.3 is 0 Å². The third-order valence-electron chi connectivity index (χ3n) is 5.88. The highest BCUT2D eigenvalue weighted by molar-refractivity contribution is 5.83. The number of halogens is 1. The minimum Gasteiger partial charge on any atom is -0.372 e. The first-order chi connectivity index (χ1) is 15.3. The molecule has 3 atom stereocenters. The van der Waals surface area contributed by atoms with Crippen LogP contribution in [0.3, 0.4) is 0 Å². The highest BCUT2D eigenvalue weighted by Gasteiger charge is 2.24. The van der Waals surface area contributed by atoms with E-state index in [-0.39, 0.29) is 36.0 Å². The number of hydrogen-bond donors (Lipinski definition) is 1. The Morgan fingerprint density at radius 1 is 1.16 bits per heavy atom. The van der Waals surface area contributed by atoms with Gasteiger partial charge in [-0.3, -0.25) is 9.59 Å². The lowest BCUT2D eigenvalue weighted by Gasteiger charge is -2.37. The molecule has 2 aromatic carbocycles. The van der Waals surface area contributed by atoms with Gasteiger partial charge in [0.05, 0.1) is 17.9 Å². The molecule has 0 bridgehead atoms. The second-order valence-electron chi connectivity index (χ2n) is 8.46. The summed E-state index contributed by atoms with van der Waals surface area (Å²) in [5, 5.41) is 4.22. The number of morpholine rings is 1. The van der Waals surface area contributed by atoms with Crippen LogP contribution in [0.2, 0.25) is 0 Å². The van der Waals surface area contributed by atoms with Crippen LogP contribution in [0.25, 0.3) is 10.8 Å². The summed E-state index contributed by atoms with van der Waals surface area (Å²) >= 11 is 0. The molecule has 32 heavy (non-hydrogen) atoms. The second-order valence-corrected chi connectivity index (χ2v) is 8.46. The van der Waals surface area contributed by atoms with E-state index in [0.717, 1.165) is 5.39 Å². The fourth-order valence-electron chi connectivity index (χ4n) is 4.26. The molecular formula is C25H28FN3O3. The Morgan fingerprint density at radius 3 is 2.59 bits per heavy atom. The maximum absolute atomic E-state index is 14.8. The van der Waals surface area contributed by atoms with E-state index in [2.05, 4.69) is 5.32 Å². The number of nitrogens with zero attached hydrogens (tertiary/aromatic N) is 2. The standard InChI is InChI=1S/C25H28FN3O3/c1-16-14-28(15-17(2)32-16)23-9-8-19(12-22(23)26)13-27-24(30)18(3)29-11-10-20-6-4-5-7-21(20)25(29)31/h4-12,16-18H,13-15H2,1-3H3,(H,27,30)/t16-,17-,18-/m1/s1. The van der Waals surface area contributed by atoms with Gasteiger partial charge in [-0.05, 0) is 56.0 Å². The smallest absolute Gasteiger partial charge is 0.259 e. The summed E-state index contributed by atoms with van der Waals surface area (Å²) in [6.45, 7) is 7.08. The Morgan fingerprint density at radius 2 is 1.88 bits per heavy atom. The number of benzene rings is 2. The molecule has 0 aliphatic carbocycles. The van der Waals surface area contributed by atoms with Gasteiger partial charge in [-0.25, -0.2) is 4.39 Å². The van der Waals surface area contributed by atoms with Gasteiger partial charge < -0.3 is 19.5 Å². The quantitative estimate of drug-likeness (QED) is 0.662. The summed E-state index contributed by atoms with van der Waals surface area (Å²) in [7, 11) is 0. The average Bonchev–Trinajstić information content (AvgIpc) is 2.77. The zero-order valence-corrected chi connectivity index (χ0v) is 18.5. The van der Waals surface area contributed by atoms with Crippen molar-refractivity contribution in [2.24, 2.45) is 0 Å². The van der Waals surface area contributed by atoms with Crippen LogP contribution in [-0.2, 0) is 16.1 Å². The zero-order valence-electron chi connectivity index (χ0n) is 18.5. The van der Waals surface area contributed by atoms with Gasteiger partial charge in [0.25, 0.3) is 5.56 Å². The molecule has 1 aromatic heterocycles. The number of ether oxygens (including phenoxy) is 1. The fraction of sp³-hybridized carbons (Fsp3) is 0.360. The van der Waals surface area contributed by atoms with E-state index in [4.69, 9.17) is 4.74 Å². The van der Waals surface area contributed by atoms with E-state index in [9.17, 15) is 14.0 Å². The molecule has 1 aliphatic rings. The molecule has 1 N–H and O–H groups in total. The monoisotopic (exact) mass is 437 g/mol. The van der Waals surface area contributed by atoms with Crippen LogP contribution in [0.4, 0.5) is 10.1 Å². The Labute approximate surface area is 186 Å². The summed E-state index contributed by atoms with van der Waals surface area (Å²) in [6.07, 6.45) is 1.71. The lowest BCUT2D eigenvalue weighted by atomic mass is 10.1. The first-order valence-corrected chi connectivity index (χ1v) is 10.9. The lowest BCUT2D eigenvalue weighted by molar-refractivity contribution is -0.124. The second kappa shape index (κ2) is 9.12. The Balaban J connectivity index is 1.43. The van der Waals surface area contributed by atoms with Crippen LogP contribution >= 0.6 is 0 Å². The number of aromatic nitrogens is 1. The molecule has 1 aliphatic heterocycles. The van der Waals surface area contributed by atoms with Crippen molar-refractivity contribution >= 4 is 22.4 Å². The molecule has 1 saturated heterocycles. The molecular weight excluding hydrogens is 409 g/mol. The summed E-state index contributed by atoms with van der Waals surface area (Å²) in [4.78, 5) is 27.4. The van der Waals surface area contributed by atoms with Crippen LogP contribution in [0.15, 0.2) is 59.5 Å². The number of carbonyl (C=O) groups excluding carboxylic acids is 1. The minimum atomic E-state index is -0.687. The molecule has 7 heteroatoms. The van der Waals surface area contributed by atoms with Gasteiger partial charge in [0, 0.05) is 31.2 Å². The van der Waals surface area contributed by atoms with E-state index in [1.807, 2.05) is 43.0 Å². The average molecular weight is 438 g/mol. The maximum Gasteiger partial charge on any atom is 0.259 e. The number of carbonyl (C=O) groups is 1. The predicted molar refractivity (Wildman–Crippen MR) is 123 cm³/mol. The van der Waals surface area contributed by atoms with E-state index in [1.165, 1.54) is 10.6 Å². The molecule has 4 rings (SSSR count). The van der Waals surface area contributed by atoms with Crippen molar-refractivity contribution in [2.45, 2.75) is 45.6 Å². The summed E-state index contributed by atoms with van der Waals surface area (Å²) in [6, 6.07) is 13.4. The van der Waals surface area contributed by atoms with Crippen LogP contribution in [0.5, 0.6) is 0 Å².